The van der Waals surface area contributed by atoms with Crippen LogP contribution in [0.3, 0.4) is 0 Å². The summed E-state index contributed by atoms with van der Waals surface area (Å²) in [6.45, 7) is 4.47. The van der Waals surface area contributed by atoms with Gasteiger partial charge in [-0.1, -0.05) is 48.5 Å². The van der Waals surface area contributed by atoms with Crippen LogP contribution in [-0.2, 0) is 6.54 Å². The number of rotatable bonds is 5. The first kappa shape index (κ1) is 15.5. The normalized spacial score (nSPS) is 12.5. The molecule has 1 N–H and O–H groups in total. The first-order valence-corrected chi connectivity index (χ1v) is 7.95. The minimum atomic E-state index is -0.358. The number of aliphatic hydroxyl groups is 1. The monoisotopic (exact) mass is 307 g/mol. The molecule has 0 saturated heterocycles. The molecular weight excluding hydrogens is 286 g/mol. The van der Waals surface area contributed by atoms with Crippen LogP contribution in [0.15, 0.2) is 54.6 Å². The van der Waals surface area contributed by atoms with Crippen LogP contribution >= 0.6 is 0 Å². The van der Waals surface area contributed by atoms with Gasteiger partial charge >= 0.3 is 0 Å². The first-order valence-electron chi connectivity index (χ1n) is 7.95. The standard InChI is InChI=1S/C20H21NO2/c1-14(22)12-13-21-15(2)19(17-10-6-7-11-18(17)21)20(23)16-8-4-3-5-9-16/h3-11,14,22H,12-13H2,1-2H3. The molecule has 0 spiro atoms. The van der Waals surface area contributed by atoms with Crippen LogP contribution in [0.4, 0.5) is 0 Å². The van der Waals surface area contributed by atoms with Gasteiger partial charge in [-0.2, -0.15) is 0 Å². The number of nitrogens with zero attached hydrogens (tertiary/aromatic N) is 1. The zero-order valence-corrected chi connectivity index (χ0v) is 13.5. The molecule has 0 bridgehead atoms. The SMILES string of the molecule is Cc1c(C(=O)c2ccccc2)c2ccccc2n1CCC(C)O. The molecule has 2 aromatic carbocycles. The van der Waals surface area contributed by atoms with Gasteiger partial charge in [-0.25, -0.2) is 0 Å². The Bertz CT molecular complexity index is 831. The minimum absolute atomic E-state index is 0.0510. The van der Waals surface area contributed by atoms with Gasteiger partial charge in [-0.3, -0.25) is 4.79 Å². The van der Waals surface area contributed by atoms with E-state index in [1.165, 1.54) is 0 Å². The second-order valence-corrected chi connectivity index (χ2v) is 5.96. The van der Waals surface area contributed by atoms with Gasteiger partial charge in [0, 0.05) is 28.7 Å². The highest BCUT2D eigenvalue weighted by atomic mass is 16.3. The summed E-state index contributed by atoms with van der Waals surface area (Å²) in [6, 6.07) is 17.4. The molecule has 1 aromatic heterocycles. The van der Waals surface area contributed by atoms with Gasteiger partial charge < -0.3 is 9.67 Å². The Labute approximate surface area is 136 Å². The Hall–Kier alpha value is -2.39. The third kappa shape index (κ3) is 2.92. The van der Waals surface area contributed by atoms with E-state index >= 15 is 0 Å². The lowest BCUT2D eigenvalue weighted by atomic mass is 10.0. The van der Waals surface area contributed by atoms with Crippen LogP contribution < -0.4 is 0 Å². The van der Waals surface area contributed by atoms with E-state index in [2.05, 4.69) is 4.57 Å². The Balaban J connectivity index is 2.14. The van der Waals surface area contributed by atoms with Gasteiger partial charge in [0.2, 0.25) is 0 Å². The van der Waals surface area contributed by atoms with Crippen LogP contribution in [0.25, 0.3) is 10.9 Å². The van der Waals surface area contributed by atoms with Crippen molar-refractivity contribution in [2.45, 2.75) is 32.9 Å². The van der Waals surface area contributed by atoms with Gasteiger partial charge in [0.25, 0.3) is 0 Å². The van der Waals surface area contributed by atoms with Crippen molar-refractivity contribution in [2.24, 2.45) is 0 Å². The van der Waals surface area contributed by atoms with E-state index in [9.17, 15) is 9.90 Å². The van der Waals surface area contributed by atoms with Crippen molar-refractivity contribution < 1.29 is 9.90 Å². The lowest BCUT2D eigenvalue weighted by molar-refractivity contribution is 0.103. The Morgan fingerprint density at radius 3 is 2.43 bits per heavy atom. The lowest BCUT2D eigenvalue weighted by Crippen LogP contribution is -2.09. The Kier molecular flexibility index (Phi) is 4.30. The molecule has 0 radical (unpaired) electrons. The van der Waals surface area contributed by atoms with Crippen molar-refractivity contribution in [3.8, 4) is 0 Å². The minimum Gasteiger partial charge on any atom is -0.393 e. The number of hydrogen-bond donors (Lipinski definition) is 1. The molecule has 0 aliphatic rings. The molecule has 1 heterocycles. The summed E-state index contributed by atoms with van der Waals surface area (Å²) >= 11 is 0. The van der Waals surface area contributed by atoms with Crippen LogP contribution in [0.5, 0.6) is 0 Å². The van der Waals surface area contributed by atoms with E-state index in [-0.39, 0.29) is 11.9 Å². The van der Waals surface area contributed by atoms with Crippen molar-refractivity contribution in [3.05, 3.63) is 71.4 Å². The average molecular weight is 307 g/mol. The molecule has 0 saturated carbocycles. The average Bonchev–Trinajstić information content (AvgIpc) is 2.84. The second-order valence-electron chi connectivity index (χ2n) is 5.96. The summed E-state index contributed by atoms with van der Waals surface area (Å²) in [5, 5.41) is 10.6. The van der Waals surface area contributed by atoms with Crippen molar-refractivity contribution in [1.29, 1.82) is 0 Å². The molecule has 0 amide bonds. The Morgan fingerprint density at radius 2 is 1.74 bits per heavy atom. The molecular formula is C20H21NO2. The maximum Gasteiger partial charge on any atom is 0.195 e. The first-order chi connectivity index (χ1) is 11.1. The van der Waals surface area contributed by atoms with Crippen molar-refractivity contribution in [3.63, 3.8) is 0 Å². The smallest absolute Gasteiger partial charge is 0.195 e. The molecule has 23 heavy (non-hydrogen) atoms. The van der Waals surface area contributed by atoms with Crippen LogP contribution in [0.2, 0.25) is 0 Å². The number of ketones is 1. The number of fused-ring (bicyclic) bond motifs is 1. The van der Waals surface area contributed by atoms with Gasteiger partial charge in [0.15, 0.2) is 5.78 Å². The molecule has 0 aliphatic heterocycles. The van der Waals surface area contributed by atoms with E-state index in [4.69, 9.17) is 0 Å². The maximum atomic E-state index is 13.0. The summed E-state index contributed by atoms with van der Waals surface area (Å²) in [6.07, 6.45) is 0.308. The predicted molar refractivity (Wildman–Crippen MR) is 92.8 cm³/mol. The number of aliphatic hydroxyl groups excluding tert-OH is 1. The van der Waals surface area contributed by atoms with Crippen molar-refractivity contribution in [1.82, 2.24) is 4.57 Å². The maximum absolute atomic E-state index is 13.0. The van der Waals surface area contributed by atoms with Crippen LogP contribution in [0, 0.1) is 6.92 Å². The largest absolute Gasteiger partial charge is 0.393 e. The summed E-state index contributed by atoms with van der Waals surface area (Å²) in [5.74, 6) is 0.0510. The molecule has 1 unspecified atom stereocenters. The van der Waals surface area contributed by atoms with Gasteiger partial charge in [-0.15, -0.1) is 0 Å². The fraction of sp³-hybridized carbons (Fsp3) is 0.250. The zero-order chi connectivity index (χ0) is 16.4. The molecule has 0 aliphatic carbocycles. The molecule has 3 nitrogen and oxygen atoms in total. The summed E-state index contributed by atoms with van der Waals surface area (Å²) < 4.78 is 2.14. The van der Waals surface area contributed by atoms with E-state index in [1.807, 2.05) is 61.5 Å². The second kappa shape index (κ2) is 6.39. The van der Waals surface area contributed by atoms with Crippen LogP contribution in [0.1, 0.15) is 35.0 Å². The number of aryl methyl sites for hydroxylation is 1. The highest BCUT2D eigenvalue weighted by molar-refractivity contribution is 6.17. The summed E-state index contributed by atoms with van der Waals surface area (Å²) in [5.41, 5.74) is 3.47. The van der Waals surface area contributed by atoms with Gasteiger partial charge in [0.05, 0.1) is 11.7 Å². The molecule has 0 fully saturated rings. The van der Waals surface area contributed by atoms with Crippen LogP contribution in [-0.4, -0.2) is 21.6 Å². The fourth-order valence-corrected chi connectivity index (χ4v) is 3.06. The zero-order valence-electron chi connectivity index (χ0n) is 13.5. The number of carbonyl (C=O) groups is 1. The number of para-hydroxylation sites is 1. The third-order valence-electron chi connectivity index (χ3n) is 4.26. The Morgan fingerprint density at radius 1 is 1.09 bits per heavy atom. The molecule has 3 rings (SSSR count). The van der Waals surface area contributed by atoms with E-state index in [0.717, 1.165) is 22.2 Å². The highest BCUT2D eigenvalue weighted by Gasteiger charge is 2.20. The molecule has 1 atom stereocenters. The third-order valence-corrected chi connectivity index (χ3v) is 4.26. The molecule has 3 aromatic rings. The molecule has 118 valence electrons. The summed E-state index contributed by atoms with van der Waals surface area (Å²) in [4.78, 5) is 13.0. The lowest BCUT2D eigenvalue weighted by Gasteiger charge is -2.10. The number of aromatic nitrogens is 1. The van der Waals surface area contributed by atoms with Crippen molar-refractivity contribution >= 4 is 16.7 Å². The summed E-state index contributed by atoms with van der Waals surface area (Å²) in [7, 11) is 0. The number of benzene rings is 2. The predicted octanol–water partition coefficient (Wildman–Crippen LogP) is 3.95. The van der Waals surface area contributed by atoms with E-state index in [0.29, 0.717) is 18.5 Å². The topological polar surface area (TPSA) is 42.2 Å². The number of hydrogen-bond acceptors (Lipinski definition) is 2. The van der Waals surface area contributed by atoms with Gasteiger partial charge in [0.1, 0.15) is 0 Å². The van der Waals surface area contributed by atoms with E-state index in [1.54, 1.807) is 6.92 Å². The van der Waals surface area contributed by atoms with E-state index < -0.39 is 0 Å². The molecule has 3 heteroatoms. The highest BCUT2D eigenvalue weighted by Crippen LogP contribution is 2.28. The van der Waals surface area contributed by atoms with Gasteiger partial charge in [-0.05, 0) is 26.3 Å². The van der Waals surface area contributed by atoms with Crippen molar-refractivity contribution in [2.75, 3.05) is 0 Å². The number of carbonyl (C=O) groups excluding carboxylic acids is 1. The fourth-order valence-electron chi connectivity index (χ4n) is 3.06. The quantitative estimate of drug-likeness (QED) is 0.725.